The van der Waals surface area contributed by atoms with E-state index in [2.05, 4.69) is 11.9 Å². The van der Waals surface area contributed by atoms with Gasteiger partial charge in [-0.2, -0.15) is 0 Å². The highest BCUT2D eigenvalue weighted by Gasteiger charge is 2.28. The molecule has 0 aliphatic carbocycles. The van der Waals surface area contributed by atoms with Crippen LogP contribution in [0.5, 0.6) is 0 Å². The zero-order valence-corrected chi connectivity index (χ0v) is 9.80. The fraction of sp³-hybridized carbons (Fsp3) is 0.545. The van der Waals surface area contributed by atoms with Crippen molar-refractivity contribution in [2.24, 2.45) is 5.92 Å². The van der Waals surface area contributed by atoms with Crippen molar-refractivity contribution in [2.45, 2.75) is 19.8 Å². The average Bonchev–Trinajstić information content (AvgIpc) is 2.76. The first-order valence-electron chi connectivity index (χ1n) is 5.77. The van der Waals surface area contributed by atoms with E-state index in [9.17, 15) is 10.1 Å². The molecular formula is C11H16N4O2. The van der Waals surface area contributed by atoms with Crippen molar-refractivity contribution in [3.05, 3.63) is 22.2 Å². The van der Waals surface area contributed by atoms with Gasteiger partial charge in [-0.3, -0.25) is 10.1 Å². The van der Waals surface area contributed by atoms with Crippen LogP contribution in [-0.4, -0.2) is 23.0 Å². The molecule has 0 radical (unpaired) electrons. The number of hydrogen-bond donors (Lipinski definition) is 1. The molecule has 1 unspecified atom stereocenters. The summed E-state index contributed by atoms with van der Waals surface area (Å²) in [5, 5.41) is 10.9. The number of anilines is 2. The lowest BCUT2D eigenvalue weighted by Gasteiger charge is -2.17. The van der Waals surface area contributed by atoms with Crippen molar-refractivity contribution in [1.29, 1.82) is 0 Å². The molecule has 0 bridgehead atoms. The number of nitro groups is 1. The van der Waals surface area contributed by atoms with E-state index in [0.717, 1.165) is 25.9 Å². The fourth-order valence-electron chi connectivity index (χ4n) is 2.19. The van der Waals surface area contributed by atoms with Gasteiger partial charge in [-0.1, -0.05) is 13.3 Å². The van der Waals surface area contributed by atoms with Crippen LogP contribution in [0, 0.1) is 16.0 Å². The first-order valence-corrected chi connectivity index (χ1v) is 5.77. The Balaban J connectivity index is 2.31. The van der Waals surface area contributed by atoms with Gasteiger partial charge in [0.25, 0.3) is 0 Å². The summed E-state index contributed by atoms with van der Waals surface area (Å²) < 4.78 is 0. The van der Waals surface area contributed by atoms with E-state index in [1.807, 2.05) is 4.90 Å². The molecule has 2 heterocycles. The van der Waals surface area contributed by atoms with Crippen LogP contribution in [0.25, 0.3) is 0 Å². The van der Waals surface area contributed by atoms with E-state index in [1.165, 1.54) is 12.1 Å². The summed E-state index contributed by atoms with van der Waals surface area (Å²) in [6.07, 6.45) is 2.15. The third-order valence-electron chi connectivity index (χ3n) is 3.24. The smallest absolute Gasteiger partial charge is 0.311 e. The highest BCUT2D eigenvalue weighted by atomic mass is 16.6. The summed E-state index contributed by atoms with van der Waals surface area (Å²) in [6.45, 7) is 3.78. The van der Waals surface area contributed by atoms with Crippen molar-refractivity contribution in [3.8, 4) is 0 Å². The Hall–Kier alpha value is -1.85. The van der Waals surface area contributed by atoms with Gasteiger partial charge in [0.2, 0.25) is 5.82 Å². The van der Waals surface area contributed by atoms with Gasteiger partial charge >= 0.3 is 5.69 Å². The minimum atomic E-state index is -0.402. The lowest BCUT2D eigenvalue weighted by atomic mass is 10.1. The Bertz CT molecular complexity index is 435. The SMILES string of the molecule is CCC1CCN(c2nc(N)ccc2[N+](=O)[O-])C1. The molecule has 0 aromatic carbocycles. The van der Waals surface area contributed by atoms with Crippen molar-refractivity contribution >= 4 is 17.3 Å². The summed E-state index contributed by atoms with van der Waals surface area (Å²) in [4.78, 5) is 16.6. The standard InChI is InChI=1S/C11H16N4O2/c1-2-8-5-6-14(7-8)11-9(15(16)17)3-4-10(12)13-11/h3-4,8H,2,5-7H2,1H3,(H2,12,13). The molecule has 1 aromatic rings. The Morgan fingerprint density at radius 2 is 2.41 bits per heavy atom. The zero-order valence-electron chi connectivity index (χ0n) is 9.80. The summed E-state index contributed by atoms with van der Waals surface area (Å²) in [7, 11) is 0. The summed E-state index contributed by atoms with van der Waals surface area (Å²) in [5.74, 6) is 1.33. The molecule has 0 spiro atoms. The molecule has 1 fully saturated rings. The Labute approximate surface area is 99.6 Å². The molecule has 0 saturated carbocycles. The van der Waals surface area contributed by atoms with Gasteiger partial charge in [-0.15, -0.1) is 0 Å². The fourth-order valence-corrected chi connectivity index (χ4v) is 2.19. The highest BCUT2D eigenvalue weighted by molar-refractivity contribution is 5.61. The van der Waals surface area contributed by atoms with E-state index >= 15 is 0 Å². The molecule has 92 valence electrons. The second-order valence-electron chi connectivity index (χ2n) is 4.34. The first kappa shape index (κ1) is 11.6. The van der Waals surface area contributed by atoms with Crippen LogP contribution in [0.4, 0.5) is 17.3 Å². The molecule has 1 saturated heterocycles. The molecule has 6 heteroatoms. The largest absolute Gasteiger partial charge is 0.384 e. The number of aromatic nitrogens is 1. The second kappa shape index (κ2) is 4.57. The van der Waals surface area contributed by atoms with Gasteiger partial charge in [0, 0.05) is 19.2 Å². The van der Waals surface area contributed by atoms with Crippen LogP contribution in [0.15, 0.2) is 12.1 Å². The van der Waals surface area contributed by atoms with E-state index in [1.54, 1.807) is 0 Å². The molecular weight excluding hydrogens is 220 g/mol. The van der Waals surface area contributed by atoms with E-state index < -0.39 is 4.92 Å². The number of nitrogens with two attached hydrogens (primary N) is 1. The topological polar surface area (TPSA) is 85.3 Å². The normalized spacial score (nSPS) is 19.6. The van der Waals surface area contributed by atoms with Gasteiger partial charge in [0.05, 0.1) is 4.92 Å². The molecule has 0 amide bonds. The number of nitrogen functional groups attached to an aromatic ring is 1. The molecule has 17 heavy (non-hydrogen) atoms. The minimum absolute atomic E-state index is 0.0379. The number of hydrogen-bond acceptors (Lipinski definition) is 5. The Morgan fingerprint density at radius 1 is 1.65 bits per heavy atom. The van der Waals surface area contributed by atoms with Gasteiger partial charge in [-0.05, 0) is 18.4 Å². The molecule has 1 atom stereocenters. The number of pyridine rings is 1. The zero-order chi connectivity index (χ0) is 12.4. The maximum absolute atomic E-state index is 10.9. The first-order chi connectivity index (χ1) is 8.11. The van der Waals surface area contributed by atoms with E-state index in [0.29, 0.717) is 17.6 Å². The van der Waals surface area contributed by atoms with Crippen molar-refractivity contribution in [2.75, 3.05) is 23.7 Å². The second-order valence-corrected chi connectivity index (χ2v) is 4.34. The highest BCUT2D eigenvalue weighted by Crippen LogP contribution is 2.31. The van der Waals surface area contributed by atoms with Crippen molar-refractivity contribution in [3.63, 3.8) is 0 Å². The van der Waals surface area contributed by atoms with Crippen molar-refractivity contribution in [1.82, 2.24) is 4.98 Å². The third-order valence-corrected chi connectivity index (χ3v) is 3.24. The maximum atomic E-state index is 10.9. The lowest BCUT2D eigenvalue weighted by Crippen LogP contribution is -2.22. The molecule has 2 rings (SSSR count). The Morgan fingerprint density at radius 3 is 3.00 bits per heavy atom. The number of rotatable bonds is 3. The van der Waals surface area contributed by atoms with E-state index in [-0.39, 0.29) is 5.69 Å². The van der Waals surface area contributed by atoms with Crippen LogP contribution < -0.4 is 10.6 Å². The van der Waals surface area contributed by atoms with E-state index in [4.69, 9.17) is 5.73 Å². The predicted molar refractivity (Wildman–Crippen MR) is 65.9 cm³/mol. The van der Waals surface area contributed by atoms with Gasteiger partial charge in [-0.25, -0.2) is 4.98 Å². The van der Waals surface area contributed by atoms with Crippen molar-refractivity contribution < 1.29 is 4.92 Å². The molecule has 2 N–H and O–H groups in total. The van der Waals surface area contributed by atoms with Gasteiger partial charge < -0.3 is 10.6 Å². The molecule has 1 aromatic heterocycles. The van der Waals surface area contributed by atoms with Crippen LogP contribution in [-0.2, 0) is 0 Å². The van der Waals surface area contributed by atoms with Gasteiger partial charge in [0.1, 0.15) is 5.82 Å². The molecule has 6 nitrogen and oxygen atoms in total. The predicted octanol–water partition coefficient (Wildman–Crippen LogP) is 1.81. The van der Waals surface area contributed by atoms with Gasteiger partial charge in [0.15, 0.2) is 0 Å². The minimum Gasteiger partial charge on any atom is -0.384 e. The molecule has 1 aliphatic heterocycles. The molecule has 1 aliphatic rings. The van der Waals surface area contributed by atoms with Crippen LogP contribution in [0.3, 0.4) is 0 Å². The monoisotopic (exact) mass is 236 g/mol. The lowest BCUT2D eigenvalue weighted by molar-refractivity contribution is -0.384. The summed E-state index contributed by atoms with van der Waals surface area (Å²) in [5.41, 5.74) is 5.64. The third kappa shape index (κ3) is 2.30. The van der Waals surface area contributed by atoms with Crippen LogP contribution in [0.1, 0.15) is 19.8 Å². The summed E-state index contributed by atoms with van der Waals surface area (Å²) in [6, 6.07) is 2.89. The average molecular weight is 236 g/mol. The summed E-state index contributed by atoms with van der Waals surface area (Å²) >= 11 is 0. The maximum Gasteiger partial charge on any atom is 0.311 e. The van der Waals surface area contributed by atoms with Crippen LogP contribution in [0.2, 0.25) is 0 Å². The number of nitrogens with zero attached hydrogens (tertiary/aromatic N) is 3. The Kier molecular flexibility index (Phi) is 3.12. The van der Waals surface area contributed by atoms with Crippen LogP contribution >= 0.6 is 0 Å². The quantitative estimate of drug-likeness (QED) is 0.639.